The maximum absolute atomic E-state index is 6.61. The van der Waals surface area contributed by atoms with Crippen molar-refractivity contribution < 1.29 is 4.42 Å². The SMILES string of the molecule is c1ccc(-c2cc(-c3cc(-c4ccc5ccccc5c4)cc(-c4cc5ccccc5c5oc6ccccc6c45)c3)nc(-c3ccccc3)n2)cc1. The van der Waals surface area contributed by atoms with Crippen molar-refractivity contribution in [2.45, 2.75) is 0 Å². The monoisotopic (exact) mass is 650 g/mol. The van der Waals surface area contributed by atoms with E-state index in [2.05, 4.69) is 152 Å². The van der Waals surface area contributed by atoms with Crippen LogP contribution in [0.15, 0.2) is 186 Å². The fourth-order valence-electron chi connectivity index (χ4n) is 7.32. The number of aromatic nitrogens is 2. The van der Waals surface area contributed by atoms with Crippen molar-refractivity contribution >= 4 is 43.5 Å². The molecule has 2 aromatic heterocycles. The van der Waals surface area contributed by atoms with Crippen LogP contribution < -0.4 is 0 Å². The van der Waals surface area contributed by atoms with Gasteiger partial charge in [0.05, 0.1) is 11.4 Å². The third-order valence-corrected chi connectivity index (χ3v) is 9.82. The van der Waals surface area contributed by atoms with Crippen molar-refractivity contribution in [3.8, 4) is 56.2 Å². The Labute approximate surface area is 295 Å². The van der Waals surface area contributed by atoms with Gasteiger partial charge in [0, 0.05) is 32.8 Å². The van der Waals surface area contributed by atoms with Crippen LogP contribution in [-0.2, 0) is 0 Å². The lowest BCUT2D eigenvalue weighted by Gasteiger charge is -2.15. The van der Waals surface area contributed by atoms with Gasteiger partial charge in [-0.25, -0.2) is 9.97 Å². The smallest absolute Gasteiger partial charge is 0.160 e. The number of para-hydroxylation sites is 1. The molecule has 0 aliphatic carbocycles. The number of rotatable bonds is 5. The summed E-state index contributed by atoms with van der Waals surface area (Å²) in [4.78, 5) is 10.3. The summed E-state index contributed by atoms with van der Waals surface area (Å²) in [7, 11) is 0. The number of nitrogens with zero attached hydrogens (tertiary/aromatic N) is 2. The number of hydrogen-bond donors (Lipinski definition) is 0. The largest absolute Gasteiger partial charge is 0.455 e. The van der Waals surface area contributed by atoms with Gasteiger partial charge in [-0.05, 0) is 80.9 Å². The molecule has 0 amide bonds. The first-order valence-electron chi connectivity index (χ1n) is 17.2. The van der Waals surface area contributed by atoms with Crippen LogP contribution in [0.3, 0.4) is 0 Å². The Morgan fingerprint density at radius 3 is 1.76 bits per heavy atom. The fourth-order valence-corrected chi connectivity index (χ4v) is 7.32. The van der Waals surface area contributed by atoms with Crippen molar-refractivity contribution in [1.29, 1.82) is 0 Å². The summed E-state index contributed by atoms with van der Waals surface area (Å²) in [5.41, 5.74) is 11.0. The van der Waals surface area contributed by atoms with E-state index in [1.165, 1.54) is 10.8 Å². The lowest BCUT2D eigenvalue weighted by atomic mass is 9.90. The molecule has 0 atom stereocenters. The number of hydrogen-bond acceptors (Lipinski definition) is 3. The predicted molar refractivity (Wildman–Crippen MR) is 212 cm³/mol. The van der Waals surface area contributed by atoms with E-state index in [9.17, 15) is 0 Å². The van der Waals surface area contributed by atoms with Gasteiger partial charge < -0.3 is 4.42 Å². The van der Waals surface area contributed by atoms with Gasteiger partial charge in [0.1, 0.15) is 11.2 Å². The standard InChI is InChI=1S/C48H30N2O/c1-3-14-32(15-4-1)43-30-44(50-48(49-43)33-16-5-2-6-17-33)39-27-37(35-24-23-31-13-7-8-18-34(31)25-35)26-38(28-39)42-29-36-19-9-10-20-40(36)47-46(42)41-21-11-12-22-45(41)51-47/h1-30H. The highest BCUT2D eigenvalue weighted by atomic mass is 16.3. The molecule has 51 heavy (non-hydrogen) atoms. The Balaban J connectivity index is 1.28. The zero-order valence-electron chi connectivity index (χ0n) is 27.6. The van der Waals surface area contributed by atoms with Gasteiger partial charge in [-0.1, -0.05) is 140 Å². The van der Waals surface area contributed by atoms with Crippen molar-refractivity contribution in [3.63, 3.8) is 0 Å². The van der Waals surface area contributed by atoms with E-state index in [1.54, 1.807) is 0 Å². The summed E-state index contributed by atoms with van der Waals surface area (Å²) in [5, 5.41) is 6.88. The van der Waals surface area contributed by atoms with Crippen molar-refractivity contribution in [1.82, 2.24) is 9.97 Å². The summed E-state index contributed by atoms with van der Waals surface area (Å²) >= 11 is 0. The lowest BCUT2D eigenvalue weighted by Crippen LogP contribution is -1.96. The summed E-state index contributed by atoms with van der Waals surface area (Å²) in [6, 6.07) is 64.0. The molecule has 0 unspecified atom stereocenters. The highest BCUT2D eigenvalue weighted by molar-refractivity contribution is 6.21. The molecule has 0 aliphatic heterocycles. The summed E-state index contributed by atoms with van der Waals surface area (Å²) in [6.07, 6.45) is 0. The maximum Gasteiger partial charge on any atom is 0.160 e. The van der Waals surface area contributed by atoms with E-state index in [1.807, 2.05) is 30.3 Å². The second-order valence-corrected chi connectivity index (χ2v) is 13.0. The van der Waals surface area contributed by atoms with Crippen LogP contribution in [0.2, 0.25) is 0 Å². The molecule has 0 fully saturated rings. The first-order chi connectivity index (χ1) is 25.2. The van der Waals surface area contributed by atoms with Gasteiger partial charge in [0.15, 0.2) is 5.82 Å². The van der Waals surface area contributed by atoms with Crippen molar-refractivity contribution in [2.75, 3.05) is 0 Å². The van der Waals surface area contributed by atoms with Gasteiger partial charge in [-0.15, -0.1) is 0 Å². The highest BCUT2D eigenvalue weighted by Gasteiger charge is 2.19. The molecule has 0 spiro atoms. The maximum atomic E-state index is 6.61. The van der Waals surface area contributed by atoms with Gasteiger partial charge >= 0.3 is 0 Å². The van der Waals surface area contributed by atoms with Crippen LogP contribution in [0.4, 0.5) is 0 Å². The van der Waals surface area contributed by atoms with Crippen LogP contribution in [0.25, 0.3) is 99.6 Å². The topological polar surface area (TPSA) is 38.9 Å². The number of benzene rings is 8. The Bertz CT molecular complexity index is 2850. The van der Waals surface area contributed by atoms with Crippen LogP contribution in [0, 0.1) is 0 Å². The zero-order valence-corrected chi connectivity index (χ0v) is 27.6. The summed E-state index contributed by atoms with van der Waals surface area (Å²) in [5.74, 6) is 0.693. The Morgan fingerprint density at radius 1 is 0.353 bits per heavy atom. The minimum atomic E-state index is 0.693. The van der Waals surface area contributed by atoms with E-state index in [0.717, 1.165) is 83.0 Å². The quantitative estimate of drug-likeness (QED) is 0.186. The molecule has 0 saturated carbocycles. The second-order valence-electron chi connectivity index (χ2n) is 13.0. The van der Waals surface area contributed by atoms with E-state index >= 15 is 0 Å². The molecule has 0 N–H and O–H groups in total. The summed E-state index contributed by atoms with van der Waals surface area (Å²) < 4.78 is 6.61. The number of furan rings is 1. The average Bonchev–Trinajstić information content (AvgIpc) is 3.61. The van der Waals surface area contributed by atoms with Crippen LogP contribution in [0.1, 0.15) is 0 Å². The molecule has 0 saturated heterocycles. The van der Waals surface area contributed by atoms with Gasteiger partial charge in [0.2, 0.25) is 0 Å². The molecule has 8 aromatic carbocycles. The molecular weight excluding hydrogens is 621 g/mol. The Morgan fingerprint density at radius 2 is 0.961 bits per heavy atom. The van der Waals surface area contributed by atoms with E-state index in [4.69, 9.17) is 14.4 Å². The highest BCUT2D eigenvalue weighted by Crippen LogP contribution is 2.43. The molecule has 0 bridgehead atoms. The van der Waals surface area contributed by atoms with Gasteiger partial charge in [0.25, 0.3) is 0 Å². The molecule has 0 aliphatic rings. The molecule has 0 radical (unpaired) electrons. The van der Waals surface area contributed by atoms with Crippen LogP contribution >= 0.6 is 0 Å². The minimum absolute atomic E-state index is 0.693. The Kier molecular flexibility index (Phi) is 6.81. The molecule has 3 heteroatoms. The molecule has 2 heterocycles. The normalized spacial score (nSPS) is 11.5. The Hall–Kier alpha value is -6.84. The summed E-state index contributed by atoms with van der Waals surface area (Å²) in [6.45, 7) is 0. The number of fused-ring (bicyclic) bond motifs is 6. The van der Waals surface area contributed by atoms with Crippen molar-refractivity contribution in [2.24, 2.45) is 0 Å². The molecule has 238 valence electrons. The van der Waals surface area contributed by atoms with E-state index < -0.39 is 0 Å². The van der Waals surface area contributed by atoms with Gasteiger partial charge in [-0.2, -0.15) is 0 Å². The predicted octanol–water partition coefficient (Wildman–Crippen LogP) is 13.0. The first kappa shape index (κ1) is 29.1. The van der Waals surface area contributed by atoms with Crippen molar-refractivity contribution in [3.05, 3.63) is 182 Å². The third kappa shape index (κ3) is 5.15. The minimum Gasteiger partial charge on any atom is -0.455 e. The molecule has 10 rings (SSSR count). The lowest BCUT2D eigenvalue weighted by molar-refractivity contribution is 0.673. The van der Waals surface area contributed by atoms with Crippen LogP contribution in [-0.4, -0.2) is 9.97 Å². The first-order valence-corrected chi connectivity index (χ1v) is 17.2. The van der Waals surface area contributed by atoms with Gasteiger partial charge in [-0.3, -0.25) is 0 Å². The van der Waals surface area contributed by atoms with E-state index in [0.29, 0.717) is 5.82 Å². The molecule has 3 nitrogen and oxygen atoms in total. The molecular formula is C48H30N2O. The van der Waals surface area contributed by atoms with Crippen LogP contribution in [0.5, 0.6) is 0 Å². The fraction of sp³-hybridized carbons (Fsp3) is 0. The van der Waals surface area contributed by atoms with E-state index in [-0.39, 0.29) is 0 Å². The zero-order chi connectivity index (χ0) is 33.7. The average molecular weight is 651 g/mol. The molecule has 10 aromatic rings. The third-order valence-electron chi connectivity index (χ3n) is 9.82. The second kappa shape index (κ2) is 11.9.